The molecule has 158 valence electrons. The van der Waals surface area contributed by atoms with E-state index in [-0.39, 0.29) is 33.1 Å². The average Bonchev–Trinajstić information content (AvgIpc) is 3.32. The molecule has 1 aliphatic rings. The number of fused-ring (bicyclic) bond motifs is 1. The number of amides is 1. The minimum absolute atomic E-state index is 0.0595. The highest BCUT2D eigenvalue weighted by Gasteiger charge is 2.48. The summed E-state index contributed by atoms with van der Waals surface area (Å²) in [5, 5.41) is 11.0. The van der Waals surface area contributed by atoms with Gasteiger partial charge in [0.1, 0.15) is 11.6 Å². The van der Waals surface area contributed by atoms with Gasteiger partial charge < -0.3 is 10.6 Å². The number of hydrogen-bond donors (Lipinski definition) is 2. The maximum atomic E-state index is 13.8. The normalized spacial score (nSPS) is 18.6. The van der Waals surface area contributed by atoms with Gasteiger partial charge in [0.2, 0.25) is 0 Å². The minimum Gasteiger partial charge on any atom is -0.362 e. The quantitative estimate of drug-likeness (QED) is 0.390. The molecule has 30 heavy (non-hydrogen) atoms. The molecule has 1 aromatic carbocycles. The summed E-state index contributed by atoms with van der Waals surface area (Å²) in [6.45, 7) is 0. The van der Waals surface area contributed by atoms with Gasteiger partial charge in [0, 0.05) is 17.0 Å². The van der Waals surface area contributed by atoms with Gasteiger partial charge in [-0.3, -0.25) is 4.79 Å². The molecule has 0 aliphatic carbocycles. The number of hydrogen-bond acceptors (Lipinski definition) is 4. The number of anilines is 2. The van der Waals surface area contributed by atoms with E-state index in [1.807, 2.05) is 0 Å². The third-order valence-electron chi connectivity index (χ3n) is 4.57. The molecule has 3 aromatic rings. The van der Waals surface area contributed by atoms with Crippen LogP contribution in [0.15, 0.2) is 40.2 Å². The van der Waals surface area contributed by atoms with Gasteiger partial charge in [-0.25, -0.2) is 9.07 Å². The molecule has 0 spiro atoms. The lowest BCUT2D eigenvalue weighted by atomic mass is 10.0. The first-order chi connectivity index (χ1) is 14.1. The Balaban J connectivity index is 1.69. The third kappa shape index (κ3) is 3.93. The zero-order valence-corrected chi connectivity index (χ0v) is 18.0. The number of benzene rings is 1. The zero-order chi connectivity index (χ0) is 21.6. The monoisotopic (exact) mass is 522 g/mol. The number of carbonyl (C=O) groups excluding carboxylic acids is 1. The van der Waals surface area contributed by atoms with Gasteiger partial charge in [-0.05, 0) is 45.6 Å². The average molecular weight is 524 g/mol. The first-order valence-electron chi connectivity index (χ1n) is 8.56. The first-order valence-corrected chi connectivity index (χ1v) is 10.6. The molecule has 2 N–H and O–H groups in total. The number of rotatable bonds is 3. The van der Waals surface area contributed by atoms with Crippen molar-refractivity contribution in [2.24, 2.45) is 0 Å². The second-order valence-corrected chi connectivity index (χ2v) is 8.72. The lowest BCUT2D eigenvalue weighted by molar-refractivity contribution is -0.173. The van der Waals surface area contributed by atoms with Crippen molar-refractivity contribution in [2.75, 3.05) is 10.6 Å². The molecular weight excluding hydrogens is 512 g/mol. The highest BCUT2D eigenvalue weighted by Crippen LogP contribution is 2.46. The van der Waals surface area contributed by atoms with E-state index in [1.54, 1.807) is 17.5 Å². The molecule has 12 heteroatoms. The molecule has 0 unspecified atom stereocenters. The van der Waals surface area contributed by atoms with Crippen molar-refractivity contribution >= 4 is 56.3 Å². The Morgan fingerprint density at radius 2 is 2.13 bits per heavy atom. The predicted molar refractivity (Wildman–Crippen MR) is 110 cm³/mol. The van der Waals surface area contributed by atoms with Crippen LogP contribution in [0.25, 0.3) is 0 Å². The number of carbonyl (C=O) groups is 1. The lowest BCUT2D eigenvalue weighted by Gasteiger charge is -2.33. The van der Waals surface area contributed by atoms with Gasteiger partial charge in [-0.1, -0.05) is 17.7 Å². The van der Waals surface area contributed by atoms with E-state index < -0.39 is 30.0 Å². The van der Waals surface area contributed by atoms with Crippen LogP contribution in [0.5, 0.6) is 0 Å². The van der Waals surface area contributed by atoms with E-state index in [2.05, 4.69) is 31.7 Å². The van der Waals surface area contributed by atoms with Crippen LogP contribution >= 0.6 is 38.9 Å². The summed E-state index contributed by atoms with van der Waals surface area (Å²) in [5.41, 5.74) is -0.0555. The maximum Gasteiger partial charge on any atom is 0.410 e. The summed E-state index contributed by atoms with van der Waals surface area (Å²) in [6, 6.07) is 4.58. The third-order valence-corrected chi connectivity index (χ3v) is 6.60. The number of alkyl halides is 3. The lowest BCUT2D eigenvalue weighted by Crippen LogP contribution is -2.35. The molecule has 3 heterocycles. The van der Waals surface area contributed by atoms with E-state index in [0.717, 1.165) is 15.6 Å². The van der Waals surface area contributed by atoms with Crippen molar-refractivity contribution in [3.05, 3.63) is 61.6 Å². The molecule has 1 aliphatic heterocycles. The molecule has 2 atom stereocenters. The molecule has 4 rings (SSSR count). The van der Waals surface area contributed by atoms with Crippen molar-refractivity contribution in [1.29, 1.82) is 0 Å². The van der Waals surface area contributed by atoms with Crippen LogP contribution in [-0.2, 0) is 0 Å². The van der Waals surface area contributed by atoms with Crippen LogP contribution in [0, 0.1) is 5.82 Å². The maximum absolute atomic E-state index is 13.8. The van der Waals surface area contributed by atoms with Crippen LogP contribution in [0.3, 0.4) is 0 Å². The van der Waals surface area contributed by atoms with Crippen LogP contribution in [0.2, 0.25) is 5.02 Å². The standard InChI is InChI=1S/C18H12BrClF4N4OS/c19-14-15(17(29)25-8-3-4-10(21)9(20)6-8)27-28-13(18(22,23)24)7-11(26-16(14)28)12-2-1-5-30-12/h1-6,11,13,26H,7H2,(H,25,29)/t11-,13-/m1/s1. The second-order valence-electron chi connectivity index (χ2n) is 6.54. The van der Waals surface area contributed by atoms with Gasteiger partial charge in [0.25, 0.3) is 5.91 Å². The van der Waals surface area contributed by atoms with E-state index >= 15 is 0 Å². The Kier molecular flexibility index (Phi) is 5.54. The molecule has 0 radical (unpaired) electrons. The Hall–Kier alpha value is -2.11. The summed E-state index contributed by atoms with van der Waals surface area (Å²) < 4.78 is 55.4. The van der Waals surface area contributed by atoms with Crippen molar-refractivity contribution in [2.45, 2.75) is 24.7 Å². The highest BCUT2D eigenvalue weighted by atomic mass is 79.9. The van der Waals surface area contributed by atoms with Gasteiger partial charge in [-0.2, -0.15) is 18.3 Å². The molecule has 5 nitrogen and oxygen atoms in total. The Morgan fingerprint density at radius 1 is 1.37 bits per heavy atom. The molecule has 0 saturated heterocycles. The zero-order valence-electron chi connectivity index (χ0n) is 14.8. The van der Waals surface area contributed by atoms with E-state index in [9.17, 15) is 22.4 Å². The second kappa shape index (κ2) is 7.86. The fraction of sp³-hybridized carbons (Fsp3) is 0.222. The van der Waals surface area contributed by atoms with Crippen LogP contribution < -0.4 is 10.6 Å². The summed E-state index contributed by atoms with van der Waals surface area (Å²) in [7, 11) is 0. The Bertz CT molecular complexity index is 1100. The fourth-order valence-electron chi connectivity index (χ4n) is 3.17. The largest absolute Gasteiger partial charge is 0.410 e. The number of thiophene rings is 1. The minimum atomic E-state index is -4.56. The molecule has 2 aromatic heterocycles. The van der Waals surface area contributed by atoms with Crippen molar-refractivity contribution < 1.29 is 22.4 Å². The summed E-state index contributed by atoms with van der Waals surface area (Å²) >= 11 is 10.3. The van der Waals surface area contributed by atoms with Crippen LogP contribution in [0.4, 0.5) is 29.1 Å². The number of nitrogens with one attached hydrogen (secondary N) is 2. The smallest absolute Gasteiger partial charge is 0.362 e. The number of nitrogens with zero attached hydrogens (tertiary/aromatic N) is 2. The topological polar surface area (TPSA) is 59.0 Å². The first kappa shape index (κ1) is 21.1. The van der Waals surface area contributed by atoms with Gasteiger partial charge in [0.15, 0.2) is 11.7 Å². The Labute approximate surface area is 185 Å². The van der Waals surface area contributed by atoms with Gasteiger partial charge in [0.05, 0.1) is 15.5 Å². The number of halogens is 6. The molecular formula is C18H12BrClF4N4OS. The van der Waals surface area contributed by atoms with Crippen LogP contribution in [-0.4, -0.2) is 21.9 Å². The van der Waals surface area contributed by atoms with Crippen molar-refractivity contribution in [1.82, 2.24) is 9.78 Å². The Morgan fingerprint density at radius 3 is 2.77 bits per heavy atom. The van der Waals surface area contributed by atoms with Crippen molar-refractivity contribution in [3.8, 4) is 0 Å². The van der Waals surface area contributed by atoms with Crippen LogP contribution in [0.1, 0.15) is 33.9 Å². The highest BCUT2D eigenvalue weighted by molar-refractivity contribution is 9.10. The predicted octanol–water partition coefficient (Wildman–Crippen LogP) is 6.41. The molecule has 0 bridgehead atoms. The molecule has 1 amide bonds. The summed E-state index contributed by atoms with van der Waals surface area (Å²) in [6.07, 6.45) is -4.82. The summed E-state index contributed by atoms with van der Waals surface area (Å²) in [5.74, 6) is -1.36. The van der Waals surface area contributed by atoms with E-state index in [1.165, 1.54) is 23.5 Å². The fourth-order valence-corrected chi connectivity index (χ4v) is 4.70. The van der Waals surface area contributed by atoms with Gasteiger partial charge >= 0.3 is 6.18 Å². The number of aromatic nitrogens is 2. The van der Waals surface area contributed by atoms with Crippen molar-refractivity contribution in [3.63, 3.8) is 0 Å². The SMILES string of the molecule is O=C(Nc1ccc(F)c(Cl)c1)c1nn2c(c1Br)N[C@@H](c1cccs1)C[C@@H]2C(F)(F)F. The summed E-state index contributed by atoms with van der Waals surface area (Å²) in [4.78, 5) is 13.4. The molecule has 0 saturated carbocycles. The van der Waals surface area contributed by atoms with E-state index in [0.29, 0.717) is 0 Å². The molecule has 0 fully saturated rings. The van der Waals surface area contributed by atoms with Gasteiger partial charge in [-0.15, -0.1) is 11.3 Å². The van der Waals surface area contributed by atoms with E-state index in [4.69, 9.17) is 11.6 Å².